The Balaban J connectivity index is 1.45. The van der Waals surface area contributed by atoms with E-state index in [4.69, 9.17) is 9.47 Å². The molecule has 1 atom stereocenters. The van der Waals surface area contributed by atoms with Crippen LogP contribution in [0.4, 0.5) is 5.82 Å². The lowest BCUT2D eigenvalue weighted by molar-refractivity contribution is 0.0780. The highest BCUT2D eigenvalue weighted by Crippen LogP contribution is 2.32. The van der Waals surface area contributed by atoms with Crippen molar-refractivity contribution in [2.24, 2.45) is 0 Å². The number of ether oxygens (including phenoxy) is 2. The van der Waals surface area contributed by atoms with Crippen molar-refractivity contribution < 1.29 is 14.3 Å². The van der Waals surface area contributed by atoms with Crippen molar-refractivity contribution in [1.82, 2.24) is 19.4 Å². The first-order valence-electron chi connectivity index (χ1n) is 11.5. The second kappa shape index (κ2) is 7.95. The smallest absolute Gasteiger partial charge is 0.274 e. The summed E-state index contributed by atoms with van der Waals surface area (Å²) >= 11 is 0. The zero-order valence-corrected chi connectivity index (χ0v) is 19.1. The Morgan fingerprint density at radius 2 is 2.09 bits per heavy atom. The maximum atomic E-state index is 13.6. The van der Waals surface area contributed by atoms with Crippen LogP contribution in [0.1, 0.15) is 46.1 Å². The van der Waals surface area contributed by atoms with Crippen LogP contribution in [0.3, 0.4) is 0 Å². The van der Waals surface area contributed by atoms with Gasteiger partial charge in [0.1, 0.15) is 22.9 Å². The van der Waals surface area contributed by atoms with Crippen molar-refractivity contribution in [1.29, 1.82) is 0 Å². The number of carbonyl (C=O) groups is 1. The Kier molecular flexibility index (Phi) is 4.88. The summed E-state index contributed by atoms with van der Waals surface area (Å²) in [6.07, 6.45) is 5.90. The number of aromatic nitrogens is 4. The highest BCUT2D eigenvalue weighted by molar-refractivity contribution is 6.09. The van der Waals surface area contributed by atoms with Gasteiger partial charge < -0.3 is 14.5 Å². The van der Waals surface area contributed by atoms with Crippen molar-refractivity contribution in [2.45, 2.75) is 32.1 Å². The zero-order chi connectivity index (χ0) is 23.4. The number of hydrogen-bond donors (Lipinski definition) is 1. The van der Waals surface area contributed by atoms with Crippen LogP contribution in [0.25, 0.3) is 16.6 Å². The summed E-state index contributed by atoms with van der Waals surface area (Å²) in [5, 5.41) is 0. The van der Waals surface area contributed by atoms with E-state index < -0.39 is 0 Å². The van der Waals surface area contributed by atoms with Crippen molar-refractivity contribution in [3.05, 3.63) is 63.5 Å². The minimum absolute atomic E-state index is 0.132. The van der Waals surface area contributed by atoms with Crippen LogP contribution in [0.15, 0.2) is 35.4 Å². The van der Waals surface area contributed by atoms with E-state index in [1.165, 1.54) is 0 Å². The first-order valence-corrected chi connectivity index (χ1v) is 11.5. The van der Waals surface area contributed by atoms with Gasteiger partial charge >= 0.3 is 0 Å². The van der Waals surface area contributed by atoms with Crippen LogP contribution in [-0.4, -0.2) is 52.1 Å². The van der Waals surface area contributed by atoms with Gasteiger partial charge in [-0.05, 0) is 49.9 Å². The van der Waals surface area contributed by atoms with E-state index in [1.807, 2.05) is 23.5 Å². The van der Waals surface area contributed by atoms with Crippen LogP contribution in [-0.2, 0) is 11.2 Å². The van der Waals surface area contributed by atoms with Crippen LogP contribution in [0.5, 0.6) is 5.75 Å². The zero-order valence-electron chi connectivity index (χ0n) is 19.1. The maximum absolute atomic E-state index is 13.6. The van der Waals surface area contributed by atoms with Gasteiger partial charge in [-0.25, -0.2) is 9.97 Å². The fourth-order valence-electron chi connectivity index (χ4n) is 5.11. The van der Waals surface area contributed by atoms with Crippen LogP contribution >= 0.6 is 0 Å². The number of pyridine rings is 1. The molecule has 0 saturated carbocycles. The van der Waals surface area contributed by atoms with E-state index >= 15 is 0 Å². The molecule has 9 nitrogen and oxygen atoms in total. The quantitative estimate of drug-likeness (QED) is 0.505. The van der Waals surface area contributed by atoms with E-state index in [0.29, 0.717) is 41.3 Å². The standard InChI is InChI=1S/C25H25N5O4/c1-14-8-20-19(28-24(31)21-12-27-23(30(20)21)16-4-3-7-34-13-16)10-18(14)25(32)29-6-5-15-9-17(33-2)11-26-22(15)29/h8-12,16H,3-7,13H2,1-2H3,(H,28,31). The van der Waals surface area contributed by atoms with Gasteiger partial charge in [0.25, 0.3) is 11.5 Å². The fourth-order valence-corrected chi connectivity index (χ4v) is 5.11. The van der Waals surface area contributed by atoms with Crippen LogP contribution < -0.4 is 15.2 Å². The average Bonchev–Trinajstić information content (AvgIpc) is 3.49. The van der Waals surface area contributed by atoms with Crippen molar-refractivity contribution in [3.8, 4) is 5.75 Å². The molecule has 0 bridgehead atoms. The highest BCUT2D eigenvalue weighted by atomic mass is 16.5. The third-order valence-corrected chi connectivity index (χ3v) is 6.87. The molecule has 3 aromatic heterocycles. The molecule has 1 amide bonds. The topological polar surface area (TPSA) is 102 Å². The Hall–Kier alpha value is -3.72. The third-order valence-electron chi connectivity index (χ3n) is 6.87. The van der Waals surface area contributed by atoms with E-state index in [-0.39, 0.29) is 17.4 Å². The molecule has 1 fully saturated rings. The maximum Gasteiger partial charge on any atom is 0.274 e. The minimum atomic E-state index is -0.231. The first kappa shape index (κ1) is 20.9. The number of rotatable bonds is 3. The number of methoxy groups -OCH3 is 1. The van der Waals surface area contributed by atoms with E-state index in [2.05, 4.69) is 15.0 Å². The van der Waals surface area contributed by atoms with Crippen LogP contribution in [0.2, 0.25) is 0 Å². The molecule has 4 aromatic rings. The number of H-pyrrole nitrogens is 1. The summed E-state index contributed by atoms with van der Waals surface area (Å²) in [7, 11) is 1.60. The number of aryl methyl sites for hydroxylation is 1. The summed E-state index contributed by atoms with van der Waals surface area (Å²) < 4.78 is 12.9. The molecule has 2 aliphatic heterocycles. The summed E-state index contributed by atoms with van der Waals surface area (Å²) in [6.45, 7) is 3.82. The number of aromatic amines is 1. The molecule has 0 radical (unpaired) electrons. The Morgan fingerprint density at radius 1 is 1.21 bits per heavy atom. The summed E-state index contributed by atoms with van der Waals surface area (Å²) in [5.41, 5.74) is 4.04. The number of fused-ring (bicyclic) bond motifs is 4. The van der Waals surface area contributed by atoms with E-state index in [1.54, 1.807) is 30.5 Å². The molecule has 1 aromatic carbocycles. The molecular formula is C25H25N5O4. The second-order valence-electron chi connectivity index (χ2n) is 8.95. The molecule has 9 heteroatoms. The van der Waals surface area contributed by atoms with Crippen molar-refractivity contribution in [3.63, 3.8) is 0 Å². The van der Waals surface area contributed by atoms with Gasteiger partial charge in [0.2, 0.25) is 0 Å². The van der Waals surface area contributed by atoms with E-state index in [0.717, 1.165) is 48.3 Å². The normalized spacial score (nSPS) is 17.9. The third kappa shape index (κ3) is 3.19. The van der Waals surface area contributed by atoms with Gasteiger partial charge in [-0.3, -0.25) is 18.9 Å². The molecule has 34 heavy (non-hydrogen) atoms. The number of amides is 1. The van der Waals surface area contributed by atoms with Gasteiger partial charge in [0.05, 0.1) is 37.1 Å². The number of carbonyl (C=O) groups excluding carboxylic acids is 1. The molecule has 1 N–H and O–H groups in total. The van der Waals surface area contributed by atoms with Gasteiger partial charge in [-0.1, -0.05) is 0 Å². The first-order chi connectivity index (χ1) is 16.5. The Bertz CT molecular complexity index is 1500. The molecule has 0 aliphatic carbocycles. The summed E-state index contributed by atoms with van der Waals surface area (Å²) in [6, 6.07) is 5.65. The average molecular weight is 460 g/mol. The summed E-state index contributed by atoms with van der Waals surface area (Å²) in [5.74, 6) is 2.16. The Labute approximate surface area is 195 Å². The minimum Gasteiger partial charge on any atom is -0.495 e. The molecule has 6 rings (SSSR count). The molecular weight excluding hydrogens is 434 g/mol. The number of nitrogens with zero attached hydrogens (tertiary/aromatic N) is 4. The van der Waals surface area contributed by atoms with Gasteiger partial charge in [-0.2, -0.15) is 0 Å². The van der Waals surface area contributed by atoms with Crippen molar-refractivity contribution >= 4 is 28.3 Å². The Morgan fingerprint density at radius 3 is 2.88 bits per heavy atom. The second-order valence-corrected chi connectivity index (χ2v) is 8.95. The molecule has 0 spiro atoms. The van der Waals surface area contributed by atoms with E-state index in [9.17, 15) is 9.59 Å². The highest BCUT2D eigenvalue weighted by Gasteiger charge is 2.29. The molecule has 174 valence electrons. The fraction of sp³-hybridized carbons (Fsp3) is 0.360. The monoisotopic (exact) mass is 459 g/mol. The molecule has 2 aliphatic rings. The number of hydrogen-bond acceptors (Lipinski definition) is 6. The lowest BCUT2D eigenvalue weighted by Crippen LogP contribution is -2.30. The number of imidazole rings is 1. The molecule has 5 heterocycles. The number of anilines is 1. The number of nitrogens with one attached hydrogen (secondary N) is 1. The van der Waals surface area contributed by atoms with Gasteiger partial charge in [-0.15, -0.1) is 0 Å². The lowest BCUT2D eigenvalue weighted by atomic mass is 10.0. The predicted octanol–water partition coefficient (Wildman–Crippen LogP) is 2.98. The van der Waals surface area contributed by atoms with Gasteiger partial charge in [0.15, 0.2) is 0 Å². The van der Waals surface area contributed by atoms with Crippen LogP contribution in [0, 0.1) is 6.92 Å². The largest absolute Gasteiger partial charge is 0.495 e. The SMILES string of the molecule is COc1cnc2c(c1)CCN2C(=O)c1cc2[nH]c(=O)c3cnc(C4CCCOC4)n3c2cc1C. The van der Waals surface area contributed by atoms with Crippen molar-refractivity contribution in [2.75, 3.05) is 31.8 Å². The number of benzene rings is 1. The van der Waals surface area contributed by atoms with Gasteiger partial charge in [0, 0.05) is 30.2 Å². The lowest BCUT2D eigenvalue weighted by Gasteiger charge is -2.22. The summed E-state index contributed by atoms with van der Waals surface area (Å²) in [4.78, 5) is 40.1. The predicted molar refractivity (Wildman–Crippen MR) is 127 cm³/mol. The molecule has 1 unspecified atom stereocenters. The molecule has 1 saturated heterocycles.